The number of nitrogens with zero attached hydrogens (tertiary/aromatic N) is 2. The summed E-state index contributed by atoms with van der Waals surface area (Å²) in [7, 11) is 2.02. The van der Waals surface area contributed by atoms with Gasteiger partial charge in [-0.05, 0) is 25.7 Å². The van der Waals surface area contributed by atoms with Crippen molar-refractivity contribution in [3.05, 3.63) is 11.4 Å². The molecule has 1 aromatic heterocycles. The molecule has 0 spiro atoms. The van der Waals surface area contributed by atoms with E-state index in [1.54, 1.807) is 0 Å². The van der Waals surface area contributed by atoms with Crippen molar-refractivity contribution < 1.29 is 0 Å². The largest absolute Gasteiger partial charge is 0.369 e. The number of aromatic nitrogens is 2. The summed E-state index contributed by atoms with van der Waals surface area (Å²) in [5.41, 5.74) is 8.40. The third kappa shape index (κ3) is 1.23. The summed E-state index contributed by atoms with van der Waals surface area (Å²) in [6, 6.07) is 0. The Morgan fingerprint density at radius 3 is 3.08 bits per heavy atom. The van der Waals surface area contributed by atoms with Crippen LogP contribution in [0.1, 0.15) is 43.5 Å². The zero-order valence-electron chi connectivity index (χ0n) is 8.38. The maximum Gasteiger partial charge on any atom is 0.200 e. The van der Waals surface area contributed by atoms with Crippen LogP contribution in [0.4, 0.5) is 5.95 Å². The number of imidazole rings is 1. The average Bonchev–Trinajstić information content (AvgIpc) is 2.43. The van der Waals surface area contributed by atoms with Gasteiger partial charge < -0.3 is 10.3 Å². The number of rotatable bonds is 1. The van der Waals surface area contributed by atoms with E-state index in [0.29, 0.717) is 11.9 Å². The van der Waals surface area contributed by atoms with Crippen LogP contribution < -0.4 is 5.73 Å². The van der Waals surface area contributed by atoms with Crippen molar-refractivity contribution in [1.29, 1.82) is 0 Å². The number of aryl methyl sites for hydroxylation is 1. The maximum atomic E-state index is 5.79. The van der Waals surface area contributed by atoms with E-state index in [-0.39, 0.29) is 0 Å². The van der Waals surface area contributed by atoms with Crippen molar-refractivity contribution >= 4 is 5.95 Å². The highest BCUT2D eigenvalue weighted by Crippen LogP contribution is 2.34. The molecule has 2 rings (SSSR count). The molecule has 0 saturated carbocycles. The molecule has 1 aliphatic carbocycles. The summed E-state index contributed by atoms with van der Waals surface area (Å²) >= 11 is 0. The molecule has 0 radical (unpaired) electrons. The van der Waals surface area contributed by atoms with E-state index in [4.69, 9.17) is 5.73 Å². The molecule has 1 atom stereocenters. The van der Waals surface area contributed by atoms with Crippen molar-refractivity contribution in [2.75, 3.05) is 5.73 Å². The zero-order chi connectivity index (χ0) is 9.42. The van der Waals surface area contributed by atoms with Crippen LogP contribution in [0.5, 0.6) is 0 Å². The van der Waals surface area contributed by atoms with E-state index in [0.717, 1.165) is 6.42 Å². The van der Waals surface area contributed by atoms with Gasteiger partial charge in [-0.25, -0.2) is 4.98 Å². The molecule has 0 bridgehead atoms. The van der Waals surface area contributed by atoms with Gasteiger partial charge in [0.1, 0.15) is 0 Å². The second-order valence-electron chi connectivity index (χ2n) is 3.86. The molecule has 0 fully saturated rings. The highest BCUT2D eigenvalue weighted by Gasteiger charge is 2.24. The van der Waals surface area contributed by atoms with Gasteiger partial charge in [-0.2, -0.15) is 0 Å². The Balaban J connectivity index is 2.47. The first kappa shape index (κ1) is 8.60. The SMILES string of the molecule is CCC1CCCc2nc(N)n(C)c21. The fourth-order valence-corrected chi connectivity index (χ4v) is 2.33. The fraction of sp³-hybridized carbons (Fsp3) is 0.700. The van der Waals surface area contributed by atoms with Gasteiger partial charge in [0.2, 0.25) is 0 Å². The normalized spacial score (nSPS) is 21.5. The second-order valence-corrected chi connectivity index (χ2v) is 3.86. The van der Waals surface area contributed by atoms with Crippen molar-refractivity contribution in [2.24, 2.45) is 7.05 Å². The van der Waals surface area contributed by atoms with Crippen molar-refractivity contribution in [3.8, 4) is 0 Å². The number of hydrogen-bond acceptors (Lipinski definition) is 2. The quantitative estimate of drug-likeness (QED) is 0.714. The number of nitrogen functional groups attached to an aromatic ring is 1. The summed E-state index contributed by atoms with van der Waals surface area (Å²) in [6.07, 6.45) is 4.87. The van der Waals surface area contributed by atoms with Gasteiger partial charge in [-0.3, -0.25) is 0 Å². The van der Waals surface area contributed by atoms with Crippen LogP contribution in [-0.4, -0.2) is 9.55 Å². The van der Waals surface area contributed by atoms with Crippen LogP contribution >= 0.6 is 0 Å². The van der Waals surface area contributed by atoms with Gasteiger partial charge in [0.25, 0.3) is 0 Å². The smallest absolute Gasteiger partial charge is 0.200 e. The zero-order valence-corrected chi connectivity index (χ0v) is 8.38. The summed E-state index contributed by atoms with van der Waals surface area (Å²) in [4.78, 5) is 4.39. The number of hydrogen-bond donors (Lipinski definition) is 1. The molecular formula is C10H17N3. The third-order valence-corrected chi connectivity index (χ3v) is 3.10. The van der Waals surface area contributed by atoms with Crippen LogP contribution in [0.15, 0.2) is 0 Å². The minimum absolute atomic E-state index is 0.672. The Kier molecular flexibility index (Phi) is 2.02. The summed E-state index contributed by atoms with van der Waals surface area (Å²) in [6.45, 7) is 2.24. The van der Waals surface area contributed by atoms with Crippen molar-refractivity contribution in [3.63, 3.8) is 0 Å². The average molecular weight is 179 g/mol. The lowest BCUT2D eigenvalue weighted by atomic mass is 9.88. The molecule has 0 amide bonds. The Morgan fingerprint density at radius 2 is 2.38 bits per heavy atom. The number of nitrogens with two attached hydrogens (primary N) is 1. The second kappa shape index (κ2) is 3.05. The van der Waals surface area contributed by atoms with Crippen LogP contribution in [0.25, 0.3) is 0 Å². The molecule has 0 saturated heterocycles. The van der Waals surface area contributed by atoms with E-state index < -0.39 is 0 Å². The number of fused-ring (bicyclic) bond motifs is 1. The molecule has 13 heavy (non-hydrogen) atoms. The molecule has 1 heterocycles. The molecule has 0 aliphatic heterocycles. The molecule has 1 unspecified atom stereocenters. The predicted octanol–water partition coefficient (Wildman–Crippen LogP) is 1.83. The molecule has 3 nitrogen and oxygen atoms in total. The maximum absolute atomic E-state index is 5.79. The van der Waals surface area contributed by atoms with Crippen LogP contribution in [0, 0.1) is 0 Å². The van der Waals surface area contributed by atoms with Gasteiger partial charge in [-0.1, -0.05) is 6.92 Å². The van der Waals surface area contributed by atoms with Gasteiger partial charge in [0.05, 0.1) is 5.69 Å². The molecule has 2 N–H and O–H groups in total. The lowest BCUT2D eigenvalue weighted by Crippen LogP contribution is -2.12. The van der Waals surface area contributed by atoms with E-state index in [1.165, 1.54) is 30.7 Å². The van der Waals surface area contributed by atoms with Crippen molar-refractivity contribution in [2.45, 2.75) is 38.5 Å². The summed E-state index contributed by atoms with van der Waals surface area (Å²) in [5.74, 6) is 1.35. The Labute approximate surface area is 79.0 Å². The Bertz CT molecular complexity index is 314. The van der Waals surface area contributed by atoms with Crippen LogP contribution in [0.3, 0.4) is 0 Å². The summed E-state index contributed by atoms with van der Waals surface area (Å²) in [5, 5.41) is 0. The molecule has 0 aromatic carbocycles. The highest BCUT2D eigenvalue weighted by atomic mass is 15.1. The van der Waals surface area contributed by atoms with Crippen LogP contribution in [0.2, 0.25) is 0 Å². The Hall–Kier alpha value is -0.990. The topological polar surface area (TPSA) is 43.8 Å². The minimum atomic E-state index is 0.672. The monoisotopic (exact) mass is 179 g/mol. The number of anilines is 1. The van der Waals surface area contributed by atoms with Crippen molar-refractivity contribution in [1.82, 2.24) is 9.55 Å². The van der Waals surface area contributed by atoms with Gasteiger partial charge >= 0.3 is 0 Å². The first-order chi connectivity index (χ1) is 6.24. The van der Waals surface area contributed by atoms with E-state index >= 15 is 0 Å². The lowest BCUT2D eigenvalue weighted by molar-refractivity contribution is 0.510. The molecule has 1 aliphatic rings. The predicted molar refractivity (Wildman–Crippen MR) is 53.6 cm³/mol. The minimum Gasteiger partial charge on any atom is -0.369 e. The Morgan fingerprint density at radius 1 is 1.62 bits per heavy atom. The van der Waals surface area contributed by atoms with E-state index in [9.17, 15) is 0 Å². The fourth-order valence-electron chi connectivity index (χ4n) is 2.33. The van der Waals surface area contributed by atoms with Gasteiger partial charge in [0, 0.05) is 18.7 Å². The van der Waals surface area contributed by atoms with Gasteiger partial charge in [-0.15, -0.1) is 0 Å². The standard InChI is InChI=1S/C10H17N3/c1-3-7-5-4-6-8-9(7)13(2)10(11)12-8/h7H,3-6H2,1-2H3,(H2,11,12). The molecule has 1 aromatic rings. The third-order valence-electron chi connectivity index (χ3n) is 3.10. The van der Waals surface area contributed by atoms with Gasteiger partial charge in [0.15, 0.2) is 5.95 Å². The van der Waals surface area contributed by atoms with Crippen LogP contribution in [-0.2, 0) is 13.5 Å². The lowest BCUT2D eigenvalue weighted by Gasteiger charge is -2.21. The molecule has 72 valence electrons. The van der Waals surface area contributed by atoms with E-state index in [2.05, 4.69) is 16.5 Å². The highest BCUT2D eigenvalue weighted by molar-refractivity contribution is 5.32. The molecule has 3 heteroatoms. The first-order valence-corrected chi connectivity index (χ1v) is 5.05. The van der Waals surface area contributed by atoms with E-state index in [1.807, 2.05) is 7.05 Å². The summed E-state index contributed by atoms with van der Waals surface area (Å²) < 4.78 is 2.06. The molecular weight excluding hydrogens is 162 g/mol. The first-order valence-electron chi connectivity index (χ1n) is 5.05.